The molecule has 1 saturated carbocycles. The fourth-order valence-electron chi connectivity index (χ4n) is 2.17. The first kappa shape index (κ1) is 12.7. The molecule has 0 radical (unpaired) electrons. The molecule has 0 aromatic rings. The smallest absolute Gasteiger partial charge is 0.320 e. The third-order valence-electron chi connectivity index (χ3n) is 3.11. The minimum absolute atomic E-state index is 0.107. The number of hydrogen-bond donors (Lipinski definition) is 1. The van der Waals surface area contributed by atoms with Crippen molar-refractivity contribution in [3.8, 4) is 0 Å². The van der Waals surface area contributed by atoms with Crippen LogP contribution in [0.1, 0.15) is 32.1 Å². The van der Waals surface area contributed by atoms with Crippen molar-refractivity contribution in [2.24, 2.45) is 5.92 Å². The predicted molar refractivity (Wildman–Crippen MR) is 50.4 cm³/mol. The van der Waals surface area contributed by atoms with Crippen molar-refractivity contribution >= 4 is 0 Å². The van der Waals surface area contributed by atoms with E-state index in [4.69, 9.17) is 0 Å². The van der Waals surface area contributed by atoms with E-state index in [1.165, 1.54) is 0 Å². The van der Waals surface area contributed by atoms with Crippen LogP contribution in [0.25, 0.3) is 0 Å². The topological polar surface area (TPSA) is 12.0 Å². The van der Waals surface area contributed by atoms with Gasteiger partial charge < -0.3 is 5.32 Å². The van der Waals surface area contributed by atoms with Crippen molar-refractivity contribution in [1.82, 2.24) is 5.32 Å². The quantitative estimate of drug-likeness (QED) is 0.575. The van der Waals surface area contributed by atoms with E-state index in [9.17, 15) is 17.6 Å². The van der Waals surface area contributed by atoms with E-state index in [0.717, 1.165) is 13.0 Å². The fourth-order valence-corrected chi connectivity index (χ4v) is 2.17. The summed E-state index contributed by atoms with van der Waals surface area (Å²) < 4.78 is 50.4. The van der Waals surface area contributed by atoms with Crippen LogP contribution in [0.5, 0.6) is 0 Å². The summed E-state index contributed by atoms with van der Waals surface area (Å²) in [5.41, 5.74) is -2.92. The van der Waals surface area contributed by atoms with Gasteiger partial charge in [0, 0.05) is 0 Å². The van der Waals surface area contributed by atoms with Gasteiger partial charge in [-0.25, -0.2) is 4.39 Å². The number of nitrogens with one attached hydrogen (secondary N) is 1. The average molecular weight is 227 g/mol. The first-order chi connectivity index (χ1) is 6.89. The normalized spacial score (nSPS) is 32.2. The van der Waals surface area contributed by atoms with E-state index in [2.05, 4.69) is 5.32 Å². The van der Waals surface area contributed by atoms with E-state index >= 15 is 0 Å². The number of alkyl halides is 4. The van der Waals surface area contributed by atoms with Gasteiger partial charge in [-0.1, -0.05) is 0 Å². The Labute approximate surface area is 87.2 Å². The molecule has 90 valence electrons. The van der Waals surface area contributed by atoms with Crippen LogP contribution < -0.4 is 5.32 Å². The second kappa shape index (κ2) is 4.68. The number of hydrogen-bond acceptors (Lipinski definition) is 1. The lowest BCUT2D eigenvalue weighted by Crippen LogP contribution is -2.38. The zero-order valence-electron chi connectivity index (χ0n) is 8.83. The van der Waals surface area contributed by atoms with Gasteiger partial charge in [-0.05, 0) is 51.6 Å². The zero-order valence-corrected chi connectivity index (χ0v) is 8.83. The lowest BCUT2D eigenvalue weighted by atomic mass is 9.98. The molecule has 2 atom stereocenters. The third-order valence-corrected chi connectivity index (χ3v) is 3.11. The fraction of sp³-hybridized carbons (Fsp3) is 1.00. The van der Waals surface area contributed by atoms with Crippen LogP contribution >= 0.6 is 0 Å². The molecule has 0 saturated heterocycles. The molecule has 0 spiro atoms. The monoisotopic (exact) mass is 227 g/mol. The molecule has 0 aromatic heterocycles. The largest absolute Gasteiger partial charge is 0.422 e. The molecule has 1 aliphatic carbocycles. The Bertz CT molecular complexity index is 204. The van der Waals surface area contributed by atoms with E-state index in [-0.39, 0.29) is 18.8 Å². The summed E-state index contributed by atoms with van der Waals surface area (Å²) in [5.74, 6) is -0.107. The summed E-state index contributed by atoms with van der Waals surface area (Å²) >= 11 is 0. The second-order valence-corrected chi connectivity index (χ2v) is 4.32. The van der Waals surface area contributed by atoms with Crippen LogP contribution in [0.3, 0.4) is 0 Å². The Balaban J connectivity index is 2.38. The lowest BCUT2D eigenvalue weighted by Gasteiger charge is -2.23. The molecule has 1 N–H and O–H groups in total. The molecule has 5 heteroatoms. The molecular formula is C10H17F4N. The van der Waals surface area contributed by atoms with Gasteiger partial charge in [0.1, 0.15) is 0 Å². The van der Waals surface area contributed by atoms with Crippen LogP contribution in [-0.4, -0.2) is 25.4 Å². The van der Waals surface area contributed by atoms with Crippen molar-refractivity contribution in [1.29, 1.82) is 0 Å². The molecule has 2 unspecified atom stereocenters. The summed E-state index contributed by atoms with van der Waals surface area (Å²) in [7, 11) is 1.80. The highest BCUT2D eigenvalue weighted by Crippen LogP contribution is 2.49. The molecule has 1 nitrogen and oxygen atoms in total. The molecule has 0 bridgehead atoms. The summed E-state index contributed by atoms with van der Waals surface area (Å²) in [6.07, 6.45) is -3.54. The maximum atomic E-state index is 13.4. The minimum atomic E-state index is -4.69. The maximum absolute atomic E-state index is 13.4. The van der Waals surface area contributed by atoms with Gasteiger partial charge in [-0.3, -0.25) is 0 Å². The highest BCUT2D eigenvalue weighted by Gasteiger charge is 2.58. The van der Waals surface area contributed by atoms with E-state index in [1.807, 2.05) is 0 Å². The van der Waals surface area contributed by atoms with Crippen molar-refractivity contribution in [2.45, 2.75) is 43.9 Å². The summed E-state index contributed by atoms with van der Waals surface area (Å²) in [6.45, 7) is 0.780. The van der Waals surface area contributed by atoms with Crippen molar-refractivity contribution in [2.75, 3.05) is 13.6 Å². The molecular weight excluding hydrogens is 210 g/mol. The van der Waals surface area contributed by atoms with Crippen molar-refractivity contribution in [3.05, 3.63) is 0 Å². The first-order valence-electron chi connectivity index (χ1n) is 5.29. The lowest BCUT2D eigenvalue weighted by molar-refractivity contribution is -0.228. The second-order valence-electron chi connectivity index (χ2n) is 4.32. The van der Waals surface area contributed by atoms with Crippen LogP contribution in [0.15, 0.2) is 0 Å². The van der Waals surface area contributed by atoms with Crippen LogP contribution in [-0.2, 0) is 0 Å². The summed E-state index contributed by atoms with van der Waals surface area (Å²) in [4.78, 5) is 0. The Morgan fingerprint density at radius 3 is 2.53 bits per heavy atom. The van der Waals surface area contributed by atoms with E-state index in [0.29, 0.717) is 12.8 Å². The number of rotatable bonds is 4. The van der Waals surface area contributed by atoms with Gasteiger partial charge >= 0.3 is 6.18 Å². The summed E-state index contributed by atoms with van der Waals surface area (Å²) in [5, 5.41) is 2.93. The Morgan fingerprint density at radius 2 is 2.07 bits per heavy atom. The molecule has 0 aromatic carbocycles. The Hall–Kier alpha value is -0.320. The standard InChI is InChI=1S/C10H17F4N/c1-15-6-2-3-8-4-5-9(11,7-8)10(12,13)14/h8,15H,2-7H2,1H3. The highest BCUT2D eigenvalue weighted by molar-refractivity contribution is 4.95. The SMILES string of the molecule is CNCCCC1CCC(F)(C(F)(F)F)C1. The third kappa shape index (κ3) is 3.06. The Kier molecular flexibility index (Phi) is 3.98. The molecule has 15 heavy (non-hydrogen) atoms. The maximum Gasteiger partial charge on any atom is 0.422 e. The zero-order chi connectivity index (χ0) is 11.5. The highest BCUT2D eigenvalue weighted by atomic mass is 19.4. The van der Waals surface area contributed by atoms with Crippen LogP contribution in [0.2, 0.25) is 0 Å². The molecule has 1 rings (SSSR count). The van der Waals surface area contributed by atoms with Gasteiger partial charge in [-0.15, -0.1) is 0 Å². The van der Waals surface area contributed by atoms with Gasteiger partial charge in [-0.2, -0.15) is 13.2 Å². The minimum Gasteiger partial charge on any atom is -0.320 e. The van der Waals surface area contributed by atoms with Crippen molar-refractivity contribution < 1.29 is 17.6 Å². The van der Waals surface area contributed by atoms with E-state index in [1.54, 1.807) is 7.05 Å². The molecule has 1 aliphatic rings. The number of halogens is 4. The summed E-state index contributed by atoms with van der Waals surface area (Å²) in [6, 6.07) is 0. The van der Waals surface area contributed by atoms with Gasteiger partial charge in [0.15, 0.2) is 0 Å². The van der Waals surface area contributed by atoms with Gasteiger partial charge in [0.05, 0.1) is 0 Å². The Morgan fingerprint density at radius 1 is 1.40 bits per heavy atom. The predicted octanol–water partition coefficient (Wildman–Crippen LogP) is 3.06. The molecule has 1 fully saturated rings. The molecule has 0 aliphatic heterocycles. The first-order valence-corrected chi connectivity index (χ1v) is 5.29. The van der Waals surface area contributed by atoms with Crippen LogP contribution in [0.4, 0.5) is 17.6 Å². The van der Waals surface area contributed by atoms with E-state index < -0.39 is 11.8 Å². The molecule has 0 amide bonds. The van der Waals surface area contributed by atoms with Gasteiger partial charge in [0.25, 0.3) is 0 Å². The molecule has 0 heterocycles. The van der Waals surface area contributed by atoms with Gasteiger partial charge in [0.2, 0.25) is 5.67 Å². The average Bonchev–Trinajstić information content (AvgIpc) is 2.48. The van der Waals surface area contributed by atoms with Crippen LogP contribution in [0, 0.1) is 5.92 Å². The van der Waals surface area contributed by atoms with Crippen molar-refractivity contribution in [3.63, 3.8) is 0 Å².